The summed E-state index contributed by atoms with van der Waals surface area (Å²) < 4.78 is 6.13. The Labute approximate surface area is 189 Å². The normalized spacial score (nSPS) is 19.1. The van der Waals surface area contributed by atoms with Crippen molar-refractivity contribution in [2.45, 2.75) is 23.2 Å². The Morgan fingerprint density at radius 1 is 1.29 bits per heavy atom. The number of thiazole rings is 1. The molecule has 1 atom stereocenters. The maximum Gasteiger partial charge on any atom is 0.355 e. The predicted octanol–water partition coefficient (Wildman–Crippen LogP) is 2.87. The largest absolute Gasteiger partial charge is 0.476 e. The summed E-state index contributed by atoms with van der Waals surface area (Å²) in [4.78, 5) is 31.6. The number of hydrogen-bond acceptors (Lipinski definition) is 8. The lowest BCUT2D eigenvalue weighted by Crippen LogP contribution is -2.39. The summed E-state index contributed by atoms with van der Waals surface area (Å²) in [6.45, 7) is 4.73. The molecule has 1 aromatic heterocycles. The number of likely N-dealkylation sites (tertiary alicyclic amines) is 1. The second-order valence-electron chi connectivity index (χ2n) is 7.46. The monoisotopic (exact) mass is 462 g/mol. The van der Waals surface area contributed by atoms with E-state index in [1.807, 2.05) is 4.90 Å². The zero-order chi connectivity index (χ0) is 21.6. The Morgan fingerprint density at radius 2 is 2.06 bits per heavy atom. The van der Waals surface area contributed by atoms with Crippen molar-refractivity contribution in [1.29, 1.82) is 0 Å². The number of carboxylic acid groups (broad SMARTS) is 1. The van der Waals surface area contributed by atoms with Crippen LogP contribution in [0.15, 0.2) is 34.0 Å². The molecule has 4 rings (SSSR count). The Morgan fingerprint density at radius 3 is 2.77 bits per heavy atom. The maximum absolute atomic E-state index is 12.3. The molecule has 0 bridgehead atoms. The first-order chi connectivity index (χ1) is 15.1. The van der Waals surface area contributed by atoms with Crippen LogP contribution in [0.1, 0.15) is 23.3 Å². The van der Waals surface area contributed by atoms with Crippen LogP contribution in [-0.4, -0.2) is 78.1 Å². The van der Waals surface area contributed by atoms with Gasteiger partial charge in [0.1, 0.15) is 0 Å². The van der Waals surface area contributed by atoms with Crippen molar-refractivity contribution in [2.24, 2.45) is 0 Å². The molecule has 1 amide bonds. The van der Waals surface area contributed by atoms with E-state index < -0.39 is 5.97 Å². The van der Waals surface area contributed by atoms with Crippen molar-refractivity contribution in [2.75, 3.05) is 55.4 Å². The predicted molar refractivity (Wildman–Crippen MR) is 122 cm³/mol. The summed E-state index contributed by atoms with van der Waals surface area (Å²) in [7, 11) is 0. The lowest BCUT2D eigenvalue weighted by molar-refractivity contribution is -0.128. The van der Waals surface area contributed by atoms with Crippen molar-refractivity contribution in [3.8, 4) is 0 Å². The molecule has 2 aliphatic heterocycles. The highest BCUT2D eigenvalue weighted by Gasteiger charge is 2.30. The number of amides is 1. The van der Waals surface area contributed by atoms with E-state index in [0.717, 1.165) is 42.8 Å². The molecule has 0 unspecified atom stereocenters. The molecule has 3 heterocycles. The third kappa shape index (κ3) is 5.69. The van der Waals surface area contributed by atoms with Gasteiger partial charge >= 0.3 is 5.97 Å². The number of carbonyl (C=O) groups excluding carboxylic acids is 1. The maximum atomic E-state index is 12.3. The van der Waals surface area contributed by atoms with Gasteiger partial charge in [0.2, 0.25) is 5.91 Å². The Bertz CT molecular complexity index is 899. The number of anilines is 2. The van der Waals surface area contributed by atoms with Crippen molar-refractivity contribution < 1.29 is 19.4 Å². The second-order valence-corrected chi connectivity index (χ2v) is 9.66. The third-order valence-corrected chi connectivity index (χ3v) is 7.50. The molecule has 0 saturated carbocycles. The number of nitrogens with one attached hydrogen (secondary N) is 1. The van der Waals surface area contributed by atoms with E-state index in [0.29, 0.717) is 25.3 Å². The Balaban J connectivity index is 1.25. The summed E-state index contributed by atoms with van der Waals surface area (Å²) in [5, 5.41) is 14.0. The molecule has 10 heteroatoms. The van der Waals surface area contributed by atoms with E-state index in [-0.39, 0.29) is 17.6 Å². The number of carbonyl (C=O) groups is 2. The summed E-state index contributed by atoms with van der Waals surface area (Å²) in [6.07, 6.45) is 1.43. The van der Waals surface area contributed by atoms with Crippen molar-refractivity contribution in [3.05, 3.63) is 35.3 Å². The van der Waals surface area contributed by atoms with E-state index in [2.05, 4.69) is 39.5 Å². The number of aromatic carboxylic acids is 1. The van der Waals surface area contributed by atoms with Crippen LogP contribution in [0.2, 0.25) is 0 Å². The van der Waals surface area contributed by atoms with Gasteiger partial charge in [0.25, 0.3) is 0 Å². The van der Waals surface area contributed by atoms with Gasteiger partial charge in [0.05, 0.1) is 13.2 Å². The smallest absolute Gasteiger partial charge is 0.355 e. The molecule has 2 saturated heterocycles. The van der Waals surface area contributed by atoms with Crippen LogP contribution in [-0.2, 0) is 9.53 Å². The van der Waals surface area contributed by atoms with Gasteiger partial charge in [-0.05, 0) is 30.7 Å². The third-order valence-electron chi connectivity index (χ3n) is 5.50. The van der Waals surface area contributed by atoms with Gasteiger partial charge < -0.3 is 25.0 Å². The van der Waals surface area contributed by atoms with Crippen LogP contribution in [0.3, 0.4) is 0 Å². The average molecular weight is 463 g/mol. The number of morpholine rings is 1. The molecular weight excluding hydrogens is 436 g/mol. The first kappa shape index (κ1) is 21.9. The standard InChI is InChI=1S/C21H26N4O4S2/c26-19-6-5-17(25(19)9-12-30-21-23-18(14-31-21)20(27)28)13-22-15-1-3-16(4-2-15)24-7-10-29-11-8-24/h1-4,14,17,22H,5-13H2,(H,27,28)/t17-/m1/s1. The second kappa shape index (κ2) is 10.3. The fourth-order valence-electron chi connectivity index (χ4n) is 3.81. The molecule has 2 N–H and O–H groups in total. The van der Waals surface area contributed by atoms with Crippen LogP contribution in [0.5, 0.6) is 0 Å². The fourth-order valence-corrected chi connectivity index (χ4v) is 5.62. The zero-order valence-electron chi connectivity index (χ0n) is 17.2. The highest BCUT2D eigenvalue weighted by Crippen LogP contribution is 2.25. The van der Waals surface area contributed by atoms with Crippen LogP contribution >= 0.6 is 23.1 Å². The van der Waals surface area contributed by atoms with Gasteiger partial charge in [0.15, 0.2) is 10.0 Å². The molecule has 0 radical (unpaired) electrons. The highest BCUT2D eigenvalue weighted by atomic mass is 32.2. The van der Waals surface area contributed by atoms with E-state index in [4.69, 9.17) is 9.84 Å². The van der Waals surface area contributed by atoms with E-state index in [9.17, 15) is 9.59 Å². The minimum absolute atomic E-state index is 0.0754. The Kier molecular flexibility index (Phi) is 7.31. The quantitative estimate of drug-likeness (QED) is 0.550. The van der Waals surface area contributed by atoms with Gasteiger partial charge in [-0.25, -0.2) is 9.78 Å². The molecule has 2 aliphatic rings. The number of aromatic nitrogens is 1. The van der Waals surface area contributed by atoms with Gasteiger partial charge in [-0.3, -0.25) is 4.79 Å². The van der Waals surface area contributed by atoms with Gasteiger partial charge in [-0.1, -0.05) is 11.8 Å². The first-order valence-electron chi connectivity index (χ1n) is 10.4. The molecule has 2 aromatic rings. The molecule has 0 aliphatic carbocycles. The number of nitrogens with zero attached hydrogens (tertiary/aromatic N) is 3. The number of benzene rings is 1. The minimum Gasteiger partial charge on any atom is -0.476 e. The first-order valence-corrected chi connectivity index (χ1v) is 12.2. The molecule has 2 fully saturated rings. The molecule has 0 spiro atoms. The lowest BCUT2D eigenvalue weighted by atomic mass is 10.2. The van der Waals surface area contributed by atoms with Crippen LogP contribution < -0.4 is 10.2 Å². The number of ether oxygens (including phenoxy) is 1. The van der Waals surface area contributed by atoms with Crippen molar-refractivity contribution in [3.63, 3.8) is 0 Å². The number of carboxylic acids is 1. The van der Waals surface area contributed by atoms with Crippen LogP contribution in [0.25, 0.3) is 0 Å². The topological polar surface area (TPSA) is 95.0 Å². The lowest BCUT2D eigenvalue weighted by Gasteiger charge is -2.29. The van der Waals surface area contributed by atoms with Crippen molar-refractivity contribution >= 4 is 46.3 Å². The zero-order valence-corrected chi connectivity index (χ0v) is 18.8. The van der Waals surface area contributed by atoms with Crippen LogP contribution in [0, 0.1) is 0 Å². The molecular formula is C21H26N4O4S2. The molecule has 31 heavy (non-hydrogen) atoms. The number of rotatable bonds is 9. The molecule has 1 aromatic carbocycles. The molecule has 8 nitrogen and oxygen atoms in total. The summed E-state index contributed by atoms with van der Waals surface area (Å²) in [6, 6.07) is 8.59. The average Bonchev–Trinajstić information content (AvgIpc) is 3.41. The Hall–Kier alpha value is -2.30. The SMILES string of the molecule is O=C(O)c1csc(SCCN2C(=O)CC[C@@H]2CNc2ccc(N3CCOCC3)cc2)n1. The van der Waals surface area contributed by atoms with E-state index in [1.54, 1.807) is 5.38 Å². The minimum atomic E-state index is -1.01. The highest BCUT2D eigenvalue weighted by molar-refractivity contribution is 8.01. The summed E-state index contributed by atoms with van der Waals surface area (Å²) in [5.41, 5.74) is 2.33. The summed E-state index contributed by atoms with van der Waals surface area (Å²) >= 11 is 2.82. The number of thioether (sulfide) groups is 1. The van der Waals surface area contributed by atoms with Gasteiger partial charge in [0, 0.05) is 61.1 Å². The van der Waals surface area contributed by atoms with E-state index >= 15 is 0 Å². The van der Waals surface area contributed by atoms with Gasteiger partial charge in [-0.15, -0.1) is 11.3 Å². The number of hydrogen-bond donors (Lipinski definition) is 2. The summed E-state index contributed by atoms with van der Waals surface area (Å²) in [5.74, 6) is -0.134. The van der Waals surface area contributed by atoms with E-state index in [1.165, 1.54) is 28.8 Å². The van der Waals surface area contributed by atoms with Crippen LogP contribution in [0.4, 0.5) is 11.4 Å². The molecule has 166 valence electrons. The van der Waals surface area contributed by atoms with Gasteiger partial charge in [-0.2, -0.15) is 0 Å². The fraction of sp³-hybridized carbons (Fsp3) is 0.476. The van der Waals surface area contributed by atoms with Crippen molar-refractivity contribution in [1.82, 2.24) is 9.88 Å².